The Bertz CT molecular complexity index is 197. The first-order valence-corrected chi connectivity index (χ1v) is 6.64. The van der Waals surface area contributed by atoms with Gasteiger partial charge in [-0.3, -0.25) is 0 Å². The summed E-state index contributed by atoms with van der Waals surface area (Å²) in [5.41, 5.74) is 5.99. The number of nitrogens with two attached hydrogens (primary N) is 1. The van der Waals surface area contributed by atoms with Crippen LogP contribution in [-0.2, 0) is 0 Å². The molecule has 0 spiro atoms. The van der Waals surface area contributed by atoms with Crippen LogP contribution in [0.5, 0.6) is 0 Å². The second-order valence-corrected chi connectivity index (χ2v) is 5.81. The van der Waals surface area contributed by atoms with Gasteiger partial charge in [0, 0.05) is 18.1 Å². The molecule has 0 aromatic rings. The van der Waals surface area contributed by atoms with Crippen LogP contribution in [0.25, 0.3) is 0 Å². The van der Waals surface area contributed by atoms with E-state index >= 15 is 0 Å². The van der Waals surface area contributed by atoms with Crippen LogP contribution >= 0.6 is 0 Å². The fourth-order valence-corrected chi connectivity index (χ4v) is 3.31. The first kappa shape index (κ1) is 11.4. The van der Waals surface area contributed by atoms with Gasteiger partial charge in [0.25, 0.3) is 0 Å². The highest BCUT2D eigenvalue weighted by Crippen LogP contribution is 2.31. The maximum atomic E-state index is 5.99. The average Bonchev–Trinajstić information content (AvgIpc) is 2.65. The average molecular weight is 210 g/mol. The molecule has 2 N–H and O–H groups in total. The molecular weight excluding hydrogens is 184 g/mol. The number of nitrogens with zero attached hydrogens (tertiary/aromatic N) is 1. The summed E-state index contributed by atoms with van der Waals surface area (Å²) in [6.07, 6.45) is 9.44. The van der Waals surface area contributed by atoms with Gasteiger partial charge < -0.3 is 10.6 Å². The van der Waals surface area contributed by atoms with E-state index in [1.807, 2.05) is 0 Å². The summed E-state index contributed by atoms with van der Waals surface area (Å²) in [6.45, 7) is 2.39. The molecule has 2 heteroatoms. The second kappa shape index (κ2) is 4.84. The number of hydrogen-bond donors (Lipinski definition) is 1. The van der Waals surface area contributed by atoms with Crippen molar-refractivity contribution < 1.29 is 0 Å². The molecule has 2 saturated carbocycles. The largest absolute Gasteiger partial charge is 0.328 e. The van der Waals surface area contributed by atoms with Crippen molar-refractivity contribution in [1.82, 2.24) is 4.90 Å². The van der Waals surface area contributed by atoms with Crippen LogP contribution in [0, 0.1) is 5.92 Å². The molecule has 2 rings (SSSR count). The maximum absolute atomic E-state index is 5.99. The van der Waals surface area contributed by atoms with E-state index in [4.69, 9.17) is 5.73 Å². The lowest BCUT2D eigenvalue weighted by Gasteiger charge is -2.37. The molecule has 0 amide bonds. The molecule has 2 nitrogen and oxygen atoms in total. The molecule has 15 heavy (non-hydrogen) atoms. The first-order chi connectivity index (χ1) is 7.16. The number of hydrogen-bond acceptors (Lipinski definition) is 2. The van der Waals surface area contributed by atoms with Gasteiger partial charge in [0.2, 0.25) is 0 Å². The van der Waals surface area contributed by atoms with Crippen LogP contribution in [0.3, 0.4) is 0 Å². The van der Waals surface area contributed by atoms with E-state index in [1.54, 1.807) is 0 Å². The minimum atomic E-state index is 0.472. The lowest BCUT2D eigenvalue weighted by molar-refractivity contribution is 0.124. The first-order valence-electron chi connectivity index (χ1n) is 6.64. The SMILES string of the molecule is CC1CCC(N(C)C2CCC(N)C2)CC1. The molecule has 88 valence electrons. The summed E-state index contributed by atoms with van der Waals surface area (Å²) in [4.78, 5) is 2.64. The van der Waals surface area contributed by atoms with Gasteiger partial charge in [-0.25, -0.2) is 0 Å². The quantitative estimate of drug-likeness (QED) is 0.758. The lowest BCUT2D eigenvalue weighted by Crippen LogP contribution is -2.41. The van der Waals surface area contributed by atoms with E-state index in [1.165, 1.54) is 44.9 Å². The molecule has 0 aromatic heterocycles. The minimum absolute atomic E-state index is 0.472. The van der Waals surface area contributed by atoms with Crippen molar-refractivity contribution in [2.24, 2.45) is 11.7 Å². The number of rotatable bonds is 2. The molecule has 2 unspecified atom stereocenters. The molecule has 2 aliphatic rings. The third-order valence-corrected chi connectivity index (χ3v) is 4.58. The van der Waals surface area contributed by atoms with E-state index in [-0.39, 0.29) is 0 Å². The molecular formula is C13H26N2. The van der Waals surface area contributed by atoms with Gasteiger partial charge in [0.1, 0.15) is 0 Å². The van der Waals surface area contributed by atoms with E-state index in [9.17, 15) is 0 Å². The van der Waals surface area contributed by atoms with Gasteiger partial charge in [-0.2, -0.15) is 0 Å². The van der Waals surface area contributed by atoms with Crippen LogP contribution in [0.2, 0.25) is 0 Å². The van der Waals surface area contributed by atoms with Crippen molar-refractivity contribution in [2.45, 2.75) is 70.0 Å². The molecule has 0 aromatic carbocycles. The Hall–Kier alpha value is -0.0800. The molecule has 2 atom stereocenters. The Kier molecular flexibility index (Phi) is 3.68. The van der Waals surface area contributed by atoms with Crippen molar-refractivity contribution >= 4 is 0 Å². The van der Waals surface area contributed by atoms with Crippen LogP contribution in [-0.4, -0.2) is 30.1 Å². The van der Waals surface area contributed by atoms with E-state index < -0.39 is 0 Å². The third kappa shape index (κ3) is 2.73. The normalized spacial score (nSPS) is 42.4. The van der Waals surface area contributed by atoms with Gasteiger partial charge in [-0.1, -0.05) is 6.92 Å². The Balaban J connectivity index is 1.82. The van der Waals surface area contributed by atoms with Crippen molar-refractivity contribution in [1.29, 1.82) is 0 Å². The zero-order chi connectivity index (χ0) is 10.8. The second-order valence-electron chi connectivity index (χ2n) is 5.81. The summed E-state index contributed by atoms with van der Waals surface area (Å²) in [5.74, 6) is 0.959. The van der Waals surface area contributed by atoms with Gasteiger partial charge in [0.05, 0.1) is 0 Å². The summed E-state index contributed by atoms with van der Waals surface area (Å²) in [5, 5.41) is 0. The maximum Gasteiger partial charge on any atom is 0.0110 e. The summed E-state index contributed by atoms with van der Waals surface area (Å²) in [7, 11) is 2.32. The van der Waals surface area contributed by atoms with Gasteiger partial charge in [-0.15, -0.1) is 0 Å². The van der Waals surface area contributed by atoms with E-state index in [0.29, 0.717) is 6.04 Å². The smallest absolute Gasteiger partial charge is 0.0110 e. The van der Waals surface area contributed by atoms with Crippen molar-refractivity contribution in [3.8, 4) is 0 Å². The standard InChI is InChI=1S/C13H26N2/c1-10-3-6-12(7-4-10)15(2)13-8-5-11(14)9-13/h10-13H,3-9,14H2,1-2H3. The molecule has 0 aliphatic heterocycles. The zero-order valence-electron chi connectivity index (χ0n) is 10.3. The predicted molar refractivity (Wildman–Crippen MR) is 64.8 cm³/mol. The Labute approximate surface area is 94.2 Å². The molecule has 2 fully saturated rings. The zero-order valence-corrected chi connectivity index (χ0v) is 10.3. The molecule has 0 bridgehead atoms. The van der Waals surface area contributed by atoms with Gasteiger partial charge >= 0.3 is 0 Å². The molecule has 0 heterocycles. The summed E-state index contributed by atoms with van der Waals surface area (Å²) >= 11 is 0. The Morgan fingerprint density at radius 2 is 1.53 bits per heavy atom. The highest BCUT2D eigenvalue weighted by atomic mass is 15.2. The fraction of sp³-hybridized carbons (Fsp3) is 1.00. The van der Waals surface area contributed by atoms with E-state index in [2.05, 4.69) is 18.9 Å². The van der Waals surface area contributed by atoms with Crippen molar-refractivity contribution in [3.05, 3.63) is 0 Å². The van der Waals surface area contributed by atoms with Crippen LogP contribution in [0.4, 0.5) is 0 Å². The molecule has 2 aliphatic carbocycles. The van der Waals surface area contributed by atoms with Crippen LogP contribution in [0.15, 0.2) is 0 Å². The summed E-state index contributed by atoms with van der Waals surface area (Å²) in [6, 6.07) is 2.09. The Morgan fingerprint density at radius 3 is 2.07 bits per heavy atom. The third-order valence-electron chi connectivity index (χ3n) is 4.58. The van der Waals surface area contributed by atoms with Crippen molar-refractivity contribution in [3.63, 3.8) is 0 Å². The molecule has 0 radical (unpaired) electrons. The fourth-order valence-electron chi connectivity index (χ4n) is 3.31. The topological polar surface area (TPSA) is 29.3 Å². The molecule has 0 saturated heterocycles. The Morgan fingerprint density at radius 1 is 0.933 bits per heavy atom. The highest BCUT2D eigenvalue weighted by molar-refractivity contribution is 4.87. The van der Waals surface area contributed by atoms with Crippen LogP contribution < -0.4 is 5.73 Å². The van der Waals surface area contributed by atoms with E-state index in [0.717, 1.165) is 18.0 Å². The monoisotopic (exact) mass is 210 g/mol. The van der Waals surface area contributed by atoms with Crippen LogP contribution in [0.1, 0.15) is 51.9 Å². The van der Waals surface area contributed by atoms with Gasteiger partial charge in [0.15, 0.2) is 0 Å². The summed E-state index contributed by atoms with van der Waals surface area (Å²) < 4.78 is 0. The van der Waals surface area contributed by atoms with Gasteiger partial charge in [-0.05, 0) is 57.9 Å². The highest BCUT2D eigenvalue weighted by Gasteiger charge is 2.30. The predicted octanol–water partition coefficient (Wildman–Crippen LogP) is 2.38. The minimum Gasteiger partial charge on any atom is -0.328 e. The van der Waals surface area contributed by atoms with Crippen molar-refractivity contribution in [2.75, 3.05) is 7.05 Å². The lowest BCUT2D eigenvalue weighted by atomic mass is 9.86.